The Bertz CT molecular complexity index is 674. The first-order valence-electron chi connectivity index (χ1n) is 7.21. The molecule has 1 aliphatic carbocycles. The van der Waals surface area contributed by atoms with E-state index in [-0.39, 0.29) is 16.4 Å². The molecular formula is C15H18ClF3O3S. The van der Waals surface area contributed by atoms with Gasteiger partial charge >= 0.3 is 15.6 Å². The highest BCUT2D eigenvalue weighted by molar-refractivity contribution is 7.88. The van der Waals surface area contributed by atoms with Crippen LogP contribution in [0.15, 0.2) is 18.2 Å². The van der Waals surface area contributed by atoms with E-state index in [1.165, 1.54) is 6.07 Å². The fourth-order valence-electron chi connectivity index (χ4n) is 2.77. The maximum Gasteiger partial charge on any atom is 0.534 e. The van der Waals surface area contributed by atoms with Crippen LogP contribution in [0.25, 0.3) is 0 Å². The molecule has 0 bridgehead atoms. The summed E-state index contributed by atoms with van der Waals surface area (Å²) in [6, 6.07) is 3.89. The average Bonchev–Trinajstić information content (AvgIpc) is 2.38. The van der Waals surface area contributed by atoms with Crippen molar-refractivity contribution in [3.8, 4) is 5.75 Å². The summed E-state index contributed by atoms with van der Waals surface area (Å²) in [4.78, 5) is 0. The van der Waals surface area contributed by atoms with Gasteiger partial charge in [-0.25, -0.2) is 0 Å². The molecule has 0 unspecified atom stereocenters. The third kappa shape index (κ3) is 4.32. The highest BCUT2D eigenvalue weighted by Crippen LogP contribution is 2.44. The number of hydrogen-bond donors (Lipinski definition) is 0. The standard InChI is InChI=1S/C15H18ClF3O3S/c1-14(2)7-5-10(6-8-14)12-4-3-11(9-13(12)16)22-23(20,21)15(17,18)19/h3-4,9-10H,5-8H2,1-2H3. The quantitative estimate of drug-likeness (QED) is 0.539. The van der Waals surface area contributed by atoms with Crippen LogP contribution in [0.5, 0.6) is 5.75 Å². The number of benzene rings is 1. The third-order valence-corrected chi connectivity index (χ3v) is 5.55. The molecule has 23 heavy (non-hydrogen) atoms. The lowest BCUT2D eigenvalue weighted by Gasteiger charge is -2.34. The second-order valence-corrected chi connectivity index (χ2v) is 8.55. The summed E-state index contributed by atoms with van der Waals surface area (Å²) in [5.41, 5.74) is -4.36. The van der Waals surface area contributed by atoms with Crippen LogP contribution in [0.3, 0.4) is 0 Å². The molecule has 1 aromatic carbocycles. The van der Waals surface area contributed by atoms with Crippen molar-refractivity contribution in [2.75, 3.05) is 0 Å². The van der Waals surface area contributed by atoms with Crippen LogP contribution in [0, 0.1) is 5.41 Å². The van der Waals surface area contributed by atoms with Gasteiger partial charge in [0.2, 0.25) is 0 Å². The number of alkyl halides is 3. The van der Waals surface area contributed by atoms with Gasteiger partial charge in [-0.15, -0.1) is 0 Å². The van der Waals surface area contributed by atoms with E-state index in [4.69, 9.17) is 11.6 Å². The zero-order chi connectivity index (χ0) is 17.5. The maximum absolute atomic E-state index is 12.3. The van der Waals surface area contributed by atoms with E-state index in [9.17, 15) is 21.6 Å². The predicted molar refractivity (Wildman–Crippen MR) is 82.0 cm³/mol. The molecule has 0 aromatic heterocycles. The molecule has 8 heteroatoms. The van der Waals surface area contributed by atoms with E-state index >= 15 is 0 Å². The summed E-state index contributed by atoms with van der Waals surface area (Å²) in [6.07, 6.45) is 3.95. The summed E-state index contributed by atoms with van der Waals surface area (Å²) in [5.74, 6) is -0.212. The smallest absolute Gasteiger partial charge is 0.376 e. The molecule has 0 aliphatic heterocycles. The lowest BCUT2D eigenvalue weighted by atomic mass is 9.71. The SMILES string of the molecule is CC1(C)CCC(c2ccc(OS(=O)(=O)C(F)(F)F)cc2Cl)CC1. The molecule has 0 heterocycles. The van der Waals surface area contributed by atoms with Crippen LogP contribution in [0.4, 0.5) is 13.2 Å². The van der Waals surface area contributed by atoms with Crippen molar-refractivity contribution in [3.63, 3.8) is 0 Å². The Morgan fingerprint density at radius 2 is 1.78 bits per heavy atom. The molecule has 3 nitrogen and oxygen atoms in total. The molecule has 1 saturated carbocycles. The van der Waals surface area contributed by atoms with E-state index in [1.807, 2.05) is 0 Å². The summed E-state index contributed by atoms with van der Waals surface area (Å²) in [6.45, 7) is 4.40. The van der Waals surface area contributed by atoms with E-state index in [0.717, 1.165) is 37.3 Å². The van der Waals surface area contributed by atoms with E-state index in [1.54, 1.807) is 6.07 Å². The van der Waals surface area contributed by atoms with Crippen LogP contribution in [-0.2, 0) is 10.1 Å². The van der Waals surface area contributed by atoms with E-state index in [2.05, 4.69) is 18.0 Å². The highest BCUT2D eigenvalue weighted by atomic mass is 35.5. The fraction of sp³-hybridized carbons (Fsp3) is 0.600. The van der Waals surface area contributed by atoms with Crippen molar-refractivity contribution in [1.82, 2.24) is 0 Å². The van der Waals surface area contributed by atoms with Gasteiger partial charge in [0.15, 0.2) is 0 Å². The van der Waals surface area contributed by atoms with Crippen LogP contribution in [-0.4, -0.2) is 13.9 Å². The first-order valence-corrected chi connectivity index (χ1v) is 9.00. The minimum absolute atomic E-state index is 0.226. The molecule has 1 aliphatic rings. The second kappa shape index (κ2) is 6.16. The lowest BCUT2D eigenvalue weighted by molar-refractivity contribution is -0.0500. The monoisotopic (exact) mass is 370 g/mol. The Labute approximate surface area is 138 Å². The molecule has 0 spiro atoms. The lowest BCUT2D eigenvalue weighted by Crippen LogP contribution is -2.28. The van der Waals surface area contributed by atoms with E-state index in [0.29, 0.717) is 0 Å². The van der Waals surface area contributed by atoms with Gasteiger partial charge < -0.3 is 4.18 Å². The van der Waals surface area contributed by atoms with Crippen LogP contribution in [0.1, 0.15) is 51.0 Å². The van der Waals surface area contributed by atoms with Crippen molar-refractivity contribution in [3.05, 3.63) is 28.8 Å². The molecule has 0 saturated heterocycles. The number of rotatable bonds is 3. The molecule has 130 valence electrons. The summed E-state index contributed by atoms with van der Waals surface area (Å²) in [5, 5.41) is 0.226. The molecule has 2 rings (SSSR count). The second-order valence-electron chi connectivity index (χ2n) is 6.61. The predicted octanol–water partition coefficient (Wildman–Crippen LogP) is 5.25. The summed E-state index contributed by atoms with van der Waals surface area (Å²) < 4.78 is 63.0. The molecule has 0 amide bonds. The zero-order valence-electron chi connectivity index (χ0n) is 12.8. The van der Waals surface area contributed by atoms with Gasteiger partial charge in [-0.2, -0.15) is 21.6 Å². The Morgan fingerprint density at radius 1 is 1.22 bits per heavy atom. The summed E-state index contributed by atoms with van der Waals surface area (Å²) >= 11 is 6.12. The van der Waals surface area contributed by atoms with Crippen molar-refractivity contribution < 1.29 is 25.8 Å². The minimum atomic E-state index is -5.68. The van der Waals surface area contributed by atoms with Gasteiger partial charge in [0.1, 0.15) is 5.75 Å². The Balaban J connectivity index is 2.16. The van der Waals surface area contributed by atoms with Gasteiger partial charge in [0.25, 0.3) is 0 Å². The molecular weight excluding hydrogens is 353 g/mol. The first kappa shape index (κ1) is 18.4. The molecule has 1 aromatic rings. The average molecular weight is 371 g/mol. The molecule has 0 radical (unpaired) electrons. The number of halogens is 4. The van der Waals surface area contributed by atoms with Gasteiger partial charge in [-0.1, -0.05) is 31.5 Å². The minimum Gasteiger partial charge on any atom is -0.376 e. The van der Waals surface area contributed by atoms with Crippen LogP contribution < -0.4 is 4.18 Å². The Morgan fingerprint density at radius 3 is 2.26 bits per heavy atom. The highest BCUT2D eigenvalue weighted by Gasteiger charge is 2.48. The van der Waals surface area contributed by atoms with Gasteiger partial charge in [-0.05, 0) is 48.6 Å². The zero-order valence-corrected chi connectivity index (χ0v) is 14.4. The van der Waals surface area contributed by atoms with Crippen LogP contribution in [0.2, 0.25) is 5.02 Å². The van der Waals surface area contributed by atoms with Gasteiger partial charge in [0, 0.05) is 11.1 Å². The molecule has 1 fully saturated rings. The first-order chi connectivity index (χ1) is 10.4. The molecule has 0 atom stereocenters. The Kier molecular flexibility index (Phi) is 4.93. The fourth-order valence-corrected chi connectivity index (χ4v) is 3.55. The normalized spacial score (nSPS) is 19.6. The number of hydrogen-bond acceptors (Lipinski definition) is 3. The molecule has 0 N–H and O–H groups in total. The maximum atomic E-state index is 12.3. The van der Waals surface area contributed by atoms with Crippen molar-refractivity contribution in [1.29, 1.82) is 0 Å². The largest absolute Gasteiger partial charge is 0.534 e. The van der Waals surface area contributed by atoms with Crippen molar-refractivity contribution in [2.45, 2.75) is 51.0 Å². The van der Waals surface area contributed by atoms with Crippen molar-refractivity contribution in [2.24, 2.45) is 5.41 Å². The third-order valence-electron chi connectivity index (χ3n) is 4.24. The van der Waals surface area contributed by atoms with E-state index < -0.39 is 21.4 Å². The Hall–Kier alpha value is -0.950. The van der Waals surface area contributed by atoms with Crippen molar-refractivity contribution >= 4 is 21.7 Å². The van der Waals surface area contributed by atoms with Gasteiger partial charge in [0.05, 0.1) is 0 Å². The topological polar surface area (TPSA) is 43.4 Å². The summed E-state index contributed by atoms with van der Waals surface area (Å²) in [7, 11) is -5.68. The van der Waals surface area contributed by atoms with Gasteiger partial charge in [-0.3, -0.25) is 0 Å². The van der Waals surface area contributed by atoms with Crippen LogP contribution >= 0.6 is 11.6 Å².